The number of hydrogen-bond donors (Lipinski definition) is 0. The van der Waals surface area contributed by atoms with Gasteiger partial charge in [0.1, 0.15) is 0 Å². The van der Waals surface area contributed by atoms with E-state index in [1.807, 2.05) is 11.3 Å². The Morgan fingerprint density at radius 1 is 0.301 bits per heavy atom. The zero-order valence-corrected chi connectivity index (χ0v) is 41.1. The minimum Gasteiger partial charge on any atom is -0.309 e. The number of nitrogens with zero attached hydrogens (tertiary/aromatic N) is 3. The molecule has 0 saturated carbocycles. The van der Waals surface area contributed by atoms with E-state index in [4.69, 9.17) is 0 Å². The van der Waals surface area contributed by atoms with Crippen LogP contribution in [0.15, 0.2) is 237 Å². The molecule has 3 nitrogen and oxygen atoms in total. The van der Waals surface area contributed by atoms with Crippen LogP contribution < -0.4 is 0 Å². The molecule has 16 rings (SSSR count). The first kappa shape index (κ1) is 40.7. The number of para-hydroxylation sites is 3. The van der Waals surface area contributed by atoms with Crippen molar-refractivity contribution in [3.8, 4) is 50.4 Å². The maximum atomic E-state index is 2.48. The van der Waals surface area contributed by atoms with E-state index in [9.17, 15) is 0 Å². The molecule has 0 unspecified atom stereocenters. The molecule has 1 aliphatic carbocycles. The number of aromatic nitrogens is 3. The predicted molar refractivity (Wildman–Crippen MR) is 311 cm³/mol. The van der Waals surface area contributed by atoms with Gasteiger partial charge in [0.25, 0.3) is 0 Å². The molecule has 4 heteroatoms. The minimum absolute atomic E-state index is 0.0788. The van der Waals surface area contributed by atoms with Crippen LogP contribution in [0, 0.1) is 0 Å². The first-order valence-electron chi connectivity index (χ1n) is 25.3. The molecule has 342 valence electrons. The Hall–Kier alpha value is -8.96. The van der Waals surface area contributed by atoms with Gasteiger partial charge in [-0.3, -0.25) is 0 Å². The van der Waals surface area contributed by atoms with E-state index in [0.29, 0.717) is 0 Å². The monoisotopic (exact) mass is 947 g/mol. The maximum Gasteiger partial charge on any atom is 0.0640 e. The van der Waals surface area contributed by atoms with E-state index in [1.54, 1.807) is 0 Å². The fourth-order valence-corrected chi connectivity index (χ4v) is 14.0. The molecule has 11 aromatic carbocycles. The molecule has 4 heterocycles. The van der Waals surface area contributed by atoms with Crippen LogP contribution in [0.25, 0.3) is 136 Å². The van der Waals surface area contributed by atoms with Crippen molar-refractivity contribution < 1.29 is 0 Å². The summed E-state index contributed by atoms with van der Waals surface area (Å²) in [5.41, 5.74) is 21.0. The lowest BCUT2D eigenvalue weighted by Crippen LogP contribution is -2.15. The fourth-order valence-electron chi connectivity index (χ4n) is 12.8. The van der Waals surface area contributed by atoms with Crippen molar-refractivity contribution in [3.05, 3.63) is 248 Å². The van der Waals surface area contributed by atoms with Gasteiger partial charge in [0.05, 0.1) is 43.5 Å². The Morgan fingerprint density at radius 2 is 0.808 bits per heavy atom. The lowest BCUT2D eigenvalue weighted by Gasteiger charge is -2.22. The number of fused-ring (bicyclic) bond motifs is 15. The molecule has 73 heavy (non-hydrogen) atoms. The topological polar surface area (TPSA) is 14.8 Å². The van der Waals surface area contributed by atoms with Crippen molar-refractivity contribution >= 4 is 96.9 Å². The first-order valence-corrected chi connectivity index (χ1v) is 26.1. The molecule has 0 bridgehead atoms. The van der Waals surface area contributed by atoms with Crippen LogP contribution in [-0.4, -0.2) is 13.7 Å². The Kier molecular flexibility index (Phi) is 8.39. The summed E-state index contributed by atoms with van der Waals surface area (Å²) in [7, 11) is 0. The van der Waals surface area contributed by atoms with Crippen molar-refractivity contribution in [1.29, 1.82) is 0 Å². The molecular weight excluding hydrogens is 903 g/mol. The quantitative estimate of drug-likeness (QED) is 0.163. The number of rotatable bonds is 5. The molecule has 0 spiro atoms. The second-order valence-corrected chi connectivity index (χ2v) is 21.5. The Bertz CT molecular complexity index is 4820. The number of thiophene rings is 1. The first-order chi connectivity index (χ1) is 36.0. The summed E-state index contributed by atoms with van der Waals surface area (Å²) in [6.45, 7) is 4.73. The van der Waals surface area contributed by atoms with Crippen LogP contribution >= 0.6 is 11.3 Å². The maximum absolute atomic E-state index is 2.48. The smallest absolute Gasteiger partial charge is 0.0640 e. The molecule has 0 saturated heterocycles. The van der Waals surface area contributed by atoms with Gasteiger partial charge < -0.3 is 13.7 Å². The minimum atomic E-state index is -0.0788. The summed E-state index contributed by atoms with van der Waals surface area (Å²) in [5.74, 6) is 0. The molecule has 0 aliphatic heterocycles. The third kappa shape index (κ3) is 5.75. The second kappa shape index (κ2) is 15.0. The van der Waals surface area contributed by atoms with Crippen LogP contribution in [0.2, 0.25) is 0 Å². The number of benzene rings is 11. The second-order valence-electron chi connectivity index (χ2n) is 20.5. The standard InChI is InChI=1S/C69H45N3S/c1-69(2)58-22-10-6-17-48(58)49-34-31-47(41-59(49)69)71-60-23-11-7-18-50(60)56-37-42(29-35-62(56)71)44-27-32-52-53-33-28-45(40-66(53)70(65(52)39-44)46-15-4-3-5-16-46)43-30-36-63-57(38-43)51-19-8-12-24-61(51)72(63)64-25-14-21-55-54-20-9-13-26-67(54)73-68(55)64/h3-41H,1-2H3. The van der Waals surface area contributed by atoms with Gasteiger partial charge in [0, 0.05) is 64.6 Å². The number of hydrogen-bond acceptors (Lipinski definition) is 1. The summed E-state index contributed by atoms with van der Waals surface area (Å²) in [6, 6.07) is 88.4. The van der Waals surface area contributed by atoms with Crippen molar-refractivity contribution in [3.63, 3.8) is 0 Å². The van der Waals surface area contributed by atoms with Crippen molar-refractivity contribution in [2.24, 2.45) is 0 Å². The molecule has 15 aromatic rings. The molecule has 0 fully saturated rings. The van der Waals surface area contributed by atoms with E-state index in [2.05, 4.69) is 264 Å². The van der Waals surface area contributed by atoms with Crippen LogP contribution in [0.1, 0.15) is 25.0 Å². The highest BCUT2D eigenvalue weighted by Gasteiger charge is 2.35. The normalized spacial score (nSPS) is 13.2. The summed E-state index contributed by atoms with van der Waals surface area (Å²) >= 11 is 1.88. The molecule has 0 radical (unpaired) electrons. The lowest BCUT2D eigenvalue weighted by atomic mass is 9.82. The zero-order chi connectivity index (χ0) is 48.1. The molecule has 0 N–H and O–H groups in total. The predicted octanol–water partition coefficient (Wildman–Crippen LogP) is 19.0. The van der Waals surface area contributed by atoms with E-state index in [1.165, 1.54) is 141 Å². The average molecular weight is 948 g/mol. The summed E-state index contributed by atoms with van der Waals surface area (Å²) < 4.78 is 10.0. The summed E-state index contributed by atoms with van der Waals surface area (Å²) in [6.07, 6.45) is 0. The van der Waals surface area contributed by atoms with Gasteiger partial charge in [0.15, 0.2) is 0 Å². The van der Waals surface area contributed by atoms with Crippen LogP contribution in [0.4, 0.5) is 0 Å². The average Bonchev–Trinajstić information content (AvgIpc) is 4.22. The lowest BCUT2D eigenvalue weighted by molar-refractivity contribution is 0.660. The van der Waals surface area contributed by atoms with Crippen LogP contribution in [-0.2, 0) is 5.41 Å². The van der Waals surface area contributed by atoms with Gasteiger partial charge in [-0.05, 0) is 129 Å². The van der Waals surface area contributed by atoms with Gasteiger partial charge in [-0.2, -0.15) is 0 Å². The van der Waals surface area contributed by atoms with Crippen molar-refractivity contribution in [1.82, 2.24) is 13.7 Å². The van der Waals surface area contributed by atoms with E-state index < -0.39 is 0 Å². The van der Waals surface area contributed by atoms with Gasteiger partial charge in [-0.1, -0.05) is 166 Å². The van der Waals surface area contributed by atoms with E-state index >= 15 is 0 Å². The highest BCUT2D eigenvalue weighted by molar-refractivity contribution is 7.26. The van der Waals surface area contributed by atoms with Gasteiger partial charge in [-0.15, -0.1) is 11.3 Å². The van der Waals surface area contributed by atoms with Gasteiger partial charge in [-0.25, -0.2) is 0 Å². The molecule has 1 aliphatic rings. The van der Waals surface area contributed by atoms with Crippen molar-refractivity contribution in [2.75, 3.05) is 0 Å². The van der Waals surface area contributed by atoms with Crippen LogP contribution in [0.3, 0.4) is 0 Å². The molecule has 4 aromatic heterocycles. The highest BCUT2D eigenvalue weighted by atomic mass is 32.1. The third-order valence-electron chi connectivity index (χ3n) is 16.2. The van der Waals surface area contributed by atoms with Crippen molar-refractivity contribution in [2.45, 2.75) is 19.3 Å². The summed E-state index contributed by atoms with van der Waals surface area (Å²) in [5, 5.41) is 10.1. The molecule has 0 atom stereocenters. The Labute approximate surface area is 425 Å². The SMILES string of the molecule is CC1(C)c2ccccc2-c2ccc(-n3c4ccccc4c4cc(-c5ccc6c7ccc(-c8ccc9c(c8)c8ccccc8n9-c8cccc9c8sc8ccccc89)cc7n(-c7ccccc7)c6c5)ccc43)cc21. The third-order valence-corrected chi connectivity index (χ3v) is 17.5. The zero-order valence-electron chi connectivity index (χ0n) is 40.3. The molecule has 0 amide bonds. The Balaban J connectivity index is 0.833. The Morgan fingerprint density at radius 3 is 1.52 bits per heavy atom. The summed E-state index contributed by atoms with van der Waals surface area (Å²) in [4.78, 5) is 0. The van der Waals surface area contributed by atoms with Gasteiger partial charge >= 0.3 is 0 Å². The largest absolute Gasteiger partial charge is 0.309 e. The van der Waals surface area contributed by atoms with Crippen LogP contribution in [0.5, 0.6) is 0 Å². The van der Waals surface area contributed by atoms with E-state index in [0.717, 1.165) is 5.69 Å². The van der Waals surface area contributed by atoms with E-state index in [-0.39, 0.29) is 5.41 Å². The molecular formula is C69H45N3S. The highest BCUT2D eigenvalue weighted by Crippen LogP contribution is 2.50. The van der Waals surface area contributed by atoms with Gasteiger partial charge in [0.2, 0.25) is 0 Å². The fraction of sp³-hybridized carbons (Fsp3) is 0.0435.